The lowest BCUT2D eigenvalue weighted by molar-refractivity contribution is -0.378. The van der Waals surface area contributed by atoms with E-state index in [4.69, 9.17) is 5.73 Å². The van der Waals surface area contributed by atoms with Crippen LogP contribution in [0.25, 0.3) is 0 Å². The van der Waals surface area contributed by atoms with E-state index in [2.05, 4.69) is 30.7 Å². The van der Waals surface area contributed by atoms with Gasteiger partial charge in [-0.05, 0) is 17.7 Å². The summed E-state index contributed by atoms with van der Waals surface area (Å²) in [5.41, 5.74) is 9.99. The van der Waals surface area contributed by atoms with Gasteiger partial charge < -0.3 is 5.73 Å². The molecule has 7 nitrogen and oxygen atoms in total. The molecule has 0 aliphatic heterocycles. The molecule has 0 saturated heterocycles. The number of hydrogen-bond donors (Lipinski definition) is 2. The average Bonchev–Trinajstić information content (AvgIpc) is 2.49. The van der Waals surface area contributed by atoms with Crippen molar-refractivity contribution in [2.45, 2.75) is 0 Å². The van der Waals surface area contributed by atoms with Gasteiger partial charge in [-0.1, -0.05) is 0 Å². The summed E-state index contributed by atoms with van der Waals surface area (Å²) in [6, 6.07) is 7.38. The van der Waals surface area contributed by atoms with Crippen LogP contribution in [0.5, 0.6) is 0 Å². The summed E-state index contributed by atoms with van der Waals surface area (Å²) in [5, 5.41) is 11.5. The molecule has 0 atom stereocenters. The first kappa shape index (κ1) is 13.3. The lowest BCUT2D eigenvalue weighted by atomic mass is 10.3. The Morgan fingerprint density at radius 3 is 2.55 bits per heavy atom. The van der Waals surface area contributed by atoms with Gasteiger partial charge in [0.25, 0.3) is 0 Å². The van der Waals surface area contributed by atoms with E-state index in [0.717, 1.165) is 11.1 Å². The topological polar surface area (TPSA) is 102 Å². The molecule has 0 bridgehead atoms. The molecule has 0 spiro atoms. The van der Waals surface area contributed by atoms with Crippen LogP contribution >= 0.6 is 0 Å². The zero-order chi connectivity index (χ0) is 14.0. The molecule has 4 N–H and O–H groups in total. The number of aromatic amines is 1. The highest BCUT2D eigenvalue weighted by atomic mass is 15.4. The first-order chi connectivity index (χ1) is 9.84. The van der Waals surface area contributed by atoms with Crippen LogP contribution < -0.4 is 16.1 Å². The predicted octanol–water partition coefficient (Wildman–Crippen LogP) is 0.168. The van der Waals surface area contributed by atoms with Gasteiger partial charge in [-0.25, -0.2) is 10.4 Å². The zero-order valence-corrected chi connectivity index (χ0v) is 10.6. The minimum absolute atomic E-state index is 0.106. The number of hydrogen-bond acceptors (Lipinski definition) is 4. The molecule has 0 aliphatic carbocycles. The van der Waals surface area contributed by atoms with Crippen LogP contribution in [0, 0.1) is 0 Å². The lowest BCUT2D eigenvalue weighted by Crippen LogP contribution is -2.26. The average molecular weight is 268 g/mol. The standard InChI is InChI=1S/C13H13N7/c14-13(19-17-9-11-1-5-15-6-2-11)20-18-10-12-3-7-16-8-4-12/h1-10H,(H3,14,19,20)/p+1/b17-9-,18-10-. The molecule has 7 heteroatoms. The Morgan fingerprint density at radius 1 is 1.10 bits per heavy atom. The molecule has 0 fully saturated rings. The fraction of sp³-hybridized carbons (Fsp3) is 0. The highest BCUT2D eigenvalue weighted by Crippen LogP contribution is 1.90. The summed E-state index contributed by atoms with van der Waals surface area (Å²) in [6.45, 7) is 0. The summed E-state index contributed by atoms with van der Waals surface area (Å²) in [7, 11) is 0. The molecule has 0 saturated carbocycles. The highest BCUT2D eigenvalue weighted by molar-refractivity contribution is 5.84. The van der Waals surface area contributed by atoms with E-state index < -0.39 is 0 Å². The maximum atomic E-state index is 5.59. The Balaban J connectivity index is 1.86. The van der Waals surface area contributed by atoms with Gasteiger partial charge in [0, 0.05) is 30.1 Å². The van der Waals surface area contributed by atoms with Crippen LogP contribution in [-0.2, 0) is 0 Å². The molecule has 2 aromatic heterocycles. The van der Waals surface area contributed by atoms with Crippen molar-refractivity contribution < 1.29 is 4.98 Å². The van der Waals surface area contributed by atoms with Crippen LogP contribution in [0.4, 0.5) is 0 Å². The third kappa shape index (κ3) is 4.65. The quantitative estimate of drug-likeness (QED) is 0.469. The number of rotatable bonds is 4. The molecule has 100 valence electrons. The normalized spacial score (nSPS) is 12.1. The van der Waals surface area contributed by atoms with Gasteiger partial charge in [0.05, 0.1) is 12.4 Å². The Morgan fingerprint density at radius 2 is 1.80 bits per heavy atom. The number of pyridine rings is 2. The maximum Gasteiger partial charge on any atom is 0.234 e. The first-order valence-electron chi connectivity index (χ1n) is 5.86. The van der Waals surface area contributed by atoms with Crippen molar-refractivity contribution in [2.75, 3.05) is 0 Å². The van der Waals surface area contributed by atoms with Gasteiger partial charge in [-0.3, -0.25) is 4.98 Å². The molecular formula is C13H14N7+. The van der Waals surface area contributed by atoms with Gasteiger partial charge >= 0.3 is 0 Å². The van der Waals surface area contributed by atoms with Crippen molar-refractivity contribution in [2.24, 2.45) is 21.0 Å². The van der Waals surface area contributed by atoms with Gasteiger partial charge in [-0.15, -0.1) is 5.10 Å². The van der Waals surface area contributed by atoms with E-state index >= 15 is 0 Å². The first-order valence-corrected chi connectivity index (χ1v) is 5.86. The minimum atomic E-state index is 0.106. The molecule has 0 aliphatic rings. The third-order valence-electron chi connectivity index (χ3n) is 2.22. The number of aromatic nitrogens is 2. The Kier molecular flexibility index (Phi) is 4.92. The van der Waals surface area contributed by atoms with Gasteiger partial charge in [0.2, 0.25) is 5.96 Å². The fourth-order valence-corrected chi connectivity index (χ4v) is 1.29. The number of hydrazone groups is 1. The van der Waals surface area contributed by atoms with Crippen LogP contribution in [0.2, 0.25) is 0 Å². The van der Waals surface area contributed by atoms with Crippen molar-refractivity contribution in [3.8, 4) is 0 Å². The van der Waals surface area contributed by atoms with Gasteiger partial charge in [0.1, 0.15) is 0 Å². The molecule has 0 unspecified atom stereocenters. The van der Waals surface area contributed by atoms with E-state index in [1.54, 1.807) is 37.2 Å². The highest BCUT2D eigenvalue weighted by Gasteiger charge is 1.89. The van der Waals surface area contributed by atoms with Crippen molar-refractivity contribution >= 4 is 18.4 Å². The molecule has 2 aromatic rings. The van der Waals surface area contributed by atoms with Gasteiger partial charge in [-0.2, -0.15) is 10.2 Å². The lowest BCUT2D eigenvalue weighted by Gasteiger charge is -1.95. The van der Waals surface area contributed by atoms with Crippen LogP contribution in [0.1, 0.15) is 11.1 Å². The minimum Gasteiger partial charge on any atom is -0.367 e. The van der Waals surface area contributed by atoms with E-state index in [0.29, 0.717) is 0 Å². The number of guanidine groups is 1. The molecule has 2 rings (SSSR count). The van der Waals surface area contributed by atoms with E-state index in [9.17, 15) is 0 Å². The van der Waals surface area contributed by atoms with Crippen molar-refractivity contribution in [1.29, 1.82) is 0 Å². The Hall–Kier alpha value is -3.09. The number of nitrogens with zero attached hydrogens (tertiary/aromatic N) is 4. The fourth-order valence-electron chi connectivity index (χ4n) is 1.29. The number of nitrogens with one attached hydrogen (secondary N) is 2. The molecule has 0 radical (unpaired) electrons. The summed E-state index contributed by atoms with van der Waals surface area (Å²) in [5.74, 6) is 0.106. The largest absolute Gasteiger partial charge is 0.367 e. The summed E-state index contributed by atoms with van der Waals surface area (Å²) < 4.78 is 0. The number of nitrogens with two attached hydrogens (primary N) is 1. The Labute approximate surface area is 116 Å². The third-order valence-corrected chi connectivity index (χ3v) is 2.22. The summed E-state index contributed by atoms with van der Waals surface area (Å²) in [6.07, 6.45) is 10.2. The van der Waals surface area contributed by atoms with E-state index in [1.165, 1.54) is 0 Å². The second-order valence-electron chi connectivity index (χ2n) is 3.71. The molecule has 2 heterocycles. The molecule has 0 amide bonds. The van der Waals surface area contributed by atoms with Crippen molar-refractivity contribution in [3.63, 3.8) is 0 Å². The second kappa shape index (κ2) is 7.37. The zero-order valence-electron chi connectivity index (χ0n) is 10.6. The maximum absolute atomic E-state index is 5.59. The number of H-pyrrole nitrogens is 1. The van der Waals surface area contributed by atoms with Crippen LogP contribution in [-0.4, -0.2) is 23.4 Å². The predicted molar refractivity (Wildman–Crippen MR) is 77.2 cm³/mol. The molecular weight excluding hydrogens is 254 g/mol. The van der Waals surface area contributed by atoms with Crippen molar-refractivity contribution in [3.05, 3.63) is 60.2 Å². The van der Waals surface area contributed by atoms with Crippen LogP contribution in [0.15, 0.2) is 64.4 Å². The smallest absolute Gasteiger partial charge is 0.234 e. The van der Waals surface area contributed by atoms with E-state index in [-0.39, 0.29) is 5.96 Å². The second-order valence-corrected chi connectivity index (χ2v) is 3.71. The van der Waals surface area contributed by atoms with Gasteiger partial charge in [0.15, 0.2) is 12.4 Å². The van der Waals surface area contributed by atoms with E-state index in [1.807, 2.05) is 24.3 Å². The summed E-state index contributed by atoms with van der Waals surface area (Å²) >= 11 is 0. The monoisotopic (exact) mass is 268 g/mol. The SMILES string of the molecule is NC(=N/N=C\c1cc[nH+]cc1)N/N=C\c1ccncc1. The molecule has 20 heavy (non-hydrogen) atoms. The summed E-state index contributed by atoms with van der Waals surface area (Å²) in [4.78, 5) is 6.82. The van der Waals surface area contributed by atoms with Crippen LogP contribution in [0.3, 0.4) is 0 Å². The van der Waals surface area contributed by atoms with Crippen molar-refractivity contribution in [1.82, 2.24) is 10.4 Å². The molecule has 0 aromatic carbocycles. The Bertz CT molecular complexity index is 605.